The van der Waals surface area contributed by atoms with Gasteiger partial charge in [-0.1, -0.05) is 35.9 Å². The summed E-state index contributed by atoms with van der Waals surface area (Å²) in [5, 5.41) is 10.3. The second-order valence-corrected chi connectivity index (χ2v) is 8.41. The molecule has 4 rings (SSSR count). The second-order valence-electron chi connectivity index (χ2n) is 7.97. The van der Waals surface area contributed by atoms with Crippen molar-refractivity contribution in [2.24, 2.45) is 0 Å². The summed E-state index contributed by atoms with van der Waals surface area (Å²) in [5.74, 6) is 0.984. The van der Waals surface area contributed by atoms with Gasteiger partial charge in [0, 0.05) is 24.7 Å². The van der Waals surface area contributed by atoms with E-state index < -0.39 is 0 Å². The maximum absolute atomic E-state index is 13.2. The van der Waals surface area contributed by atoms with Gasteiger partial charge in [-0.25, -0.2) is 0 Å². The van der Waals surface area contributed by atoms with Crippen LogP contribution in [-0.2, 0) is 11.3 Å². The van der Waals surface area contributed by atoms with Gasteiger partial charge >= 0.3 is 0 Å². The van der Waals surface area contributed by atoms with Crippen molar-refractivity contribution >= 4 is 17.5 Å². The van der Waals surface area contributed by atoms with Crippen molar-refractivity contribution in [3.63, 3.8) is 0 Å². The van der Waals surface area contributed by atoms with Crippen LogP contribution in [0.25, 0.3) is 0 Å². The molecule has 0 bridgehead atoms. The van der Waals surface area contributed by atoms with Crippen LogP contribution in [0.4, 0.5) is 0 Å². The molecule has 2 atom stereocenters. The van der Waals surface area contributed by atoms with Crippen LogP contribution in [0.3, 0.4) is 0 Å². The Labute approximate surface area is 171 Å². The lowest BCUT2D eigenvalue weighted by Gasteiger charge is -2.42. The molecule has 2 saturated heterocycles. The minimum atomic E-state index is -0.0130. The Hall–Kier alpha value is -2.04. The Morgan fingerprint density at radius 3 is 2.43 bits per heavy atom. The molecule has 0 radical (unpaired) electrons. The normalized spacial score (nSPS) is 23.8. The van der Waals surface area contributed by atoms with Gasteiger partial charge in [-0.05, 0) is 73.5 Å². The molecule has 4 nitrogen and oxygen atoms in total. The third-order valence-corrected chi connectivity index (χ3v) is 6.30. The Morgan fingerprint density at radius 1 is 0.964 bits per heavy atom. The minimum absolute atomic E-state index is 0.0130. The van der Waals surface area contributed by atoms with Crippen molar-refractivity contribution in [3.8, 4) is 5.75 Å². The molecule has 5 heteroatoms. The highest BCUT2D eigenvalue weighted by atomic mass is 35.5. The molecule has 2 unspecified atom stereocenters. The Balaban J connectivity index is 1.43. The van der Waals surface area contributed by atoms with Gasteiger partial charge in [-0.2, -0.15) is 0 Å². The number of likely N-dealkylation sites (tertiary alicyclic amines) is 2. The van der Waals surface area contributed by atoms with Crippen molar-refractivity contribution in [3.05, 3.63) is 64.7 Å². The predicted molar refractivity (Wildman–Crippen MR) is 112 cm³/mol. The van der Waals surface area contributed by atoms with Gasteiger partial charge in [-0.15, -0.1) is 0 Å². The molecular formula is C23H27ClN2O2. The first-order valence-electron chi connectivity index (χ1n) is 10.2. The van der Waals surface area contributed by atoms with Gasteiger partial charge in [-0.3, -0.25) is 9.69 Å². The highest BCUT2D eigenvalue weighted by Crippen LogP contribution is 2.31. The third-order valence-electron chi connectivity index (χ3n) is 6.05. The molecule has 2 aromatic rings. The number of benzene rings is 2. The molecule has 0 aliphatic carbocycles. The topological polar surface area (TPSA) is 43.8 Å². The van der Waals surface area contributed by atoms with Crippen LogP contribution in [0.5, 0.6) is 5.75 Å². The van der Waals surface area contributed by atoms with E-state index in [0.29, 0.717) is 18.2 Å². The van der Waals surface area contributed by atoms with Gasteiger partial charge < -0.3 is 10.0 Å². The van der Waals surface area contributed by atoms with E-state index in [4.69, 9.17) is 11.6 Å². The van der Waals surface area contributed by atoms with Crippen LogP contribution in [-0.4, -0.2) is 46.5 Å². The average molecular weight is 399 g/mol. The third kappa shape index (κ3) is 4.34. The van der Waals surface area contributed by atoms with Gasteiger partial charge in [0.05, 0.1) is 6.04 Å². The minimum Gasteiger partial charge on any atom is -0.508 e. The van der Waals surface area contributed by atoms with E-state index in [1.165, 1.54) is 5.56 Å². The number of hydrogen-bond acceptors (Lipinski definition) is 3. The number of nitrogens with zero attached hydrogens (tertiary/aromatic N) is 2. The monoisotopic (exact) mass is 398 g/mol. The van der Waals surface area contributed by atoms with Crippen LogP contribution in [0.1, 0.15) is 42.7 Å². The predicted octanol–water partition coefficient (Wildman–Crippen LogP) is 4.42. The van der Waals surface area contributed by atoms with E-state index in [2.05, 4.69) is 4.90 Å². The molecule has 2 fully saturated rings. The van der Waals surface area contributed by atoms with Crippen molar-refractivity contribution < 1.29 is 9.90 Å². The lowest BCUT2D eigenvalue weighted by Crippen LogP contribution is -2.54. The number of carbonyl (C=O) groups is 1. The summed E-state index contributed by atoms with van der Waals surface area (Å²) in [6.45, 7) is 3.38. The van der Waals surface area contributed by atoms with Gasteiger partial charge in [0.25, 0.3) is 0 Å². The molecule has 28 heavy (non-hydrogen) atoms. The van der Waals surface area contributed by atoms with Crippen molar-refractivity contribution in [1.82, 2.24) is 9.80 Å². The van der Waals surface area contributed by atoms with Gasteiger partial charge in [0.2, 0.25) is 5.91 Å². The Morgan fingerprint density at radius 2 is 1.68 bits per heavy atom. The molecule has 1 N–H and O–H groups in total. The van der Waals surface area contributed by atoms with E-state index >= 15 is 0 Å². The fourth-order valence-corrected chi connectivity index (χ4v) is 4.66. The summed E-state index contributed by atoms with van der Waals surface area (Å²) in [7, 11) is 0. The van der Waals surface area contributed by atoms with E-state index in [-0.39, 0.29) is 11.9 Å². The molecule has 2 aliphatic heterocycles. The number of hydrogen-bond donors (Lipinski definition) is 1. The first kappa shape index (κ1) is 19.3. The highest BCUT2D eigenvalue weighted by molar-refractivity contribution is 6.30. The number of carbonyl (C=O) groups excluding carboxylic acids is 1. The largest absolute Gasteiger partial charge is 0.508 e. The maximum atomic E-state index is 13.2. The first-order valence-corrected chi connectivity index (χ1v) is 10.5. The van der Waals surface area contributed by atoms with Crippen LogP contribution in [0, 0.1) is 0 Å². The summed E-state index contributed by atoms with van der Waals surface area (Å²) in [5.41, 5.74) is 2.38. The standard InChI is InChI=1S/C23H27ClN2O2/c24-20-9-5-17(6-10-20)15-26-14-2-4-22(23(26)28)25-13-1-3-19(16-25)18-7-11-21(27)12-8-18/h5-12,19,22,27H,1-4,13-16H2. The average Bonchev–Trinajstić information content (AvgIpc) is 2.72. The Kier molecular flexibility index (Phi) is 5.88. The molecule has 1 amide bonds. The summed E-state index contributed by atoms with van der Waals surface area (Å²) in [6.07, 6.45) is 4.23. The maximum Gasteiger partial charge on any atom is 0.240 e. The molecule has 148 valence electrons. The van der Waals surface area contributed by atoms with Crippen molar-refractivity contribution in [2.45, 2.75) is 44.2 Å². The summed E-state index contributed by atoms with van der Waals surface area (Å²) < 4.78 is 0. The molecule has 0 saturated carbocycles. The molecule has 2 aromatic carbocycles. The van der Waals surface area contributed by atoms with Crippen molar-refractivity contribution in [1.29, 1.82) is 0 Å². The highest BCUT2D eigenvalue weighted by Gasteiger charge is 2.35. The zero-order chi connectivity index (χ0) is 19.5. The summed E-state index contributed by atoms with van der Waals surface area (Å²) in [4.78, 5) is 17.6. The second kappa shape index (κ2) is 8.54. The smallest absolute Gasteiger partial charge is 0.240 e. The molecule has 2 aliphatic rings. The molecular weight excluding hydrogens is 372 g/mol. The zero-order valence-corrected chi connectivity index (χ0v) is 16.8. The number of aromatic hydroxyl groups is 1. The van der Waals surface area contributed by atoms with E-state index in [1.54, 1.807) is 12.1 Å². The van der Waals surface area contributed by atoms with Gasteiger partial charge in [0.15, 0.2) is 0 Å². The van der Waals surface area contributed by atoms with Crippen LogP contribution < -0.4 is 0 Å². The van der Waals surface area contributed by atoms with Crippen molar-refractivity contribution in [2.75, 3.05) is 19.6 Å². The van der Waals surface area contributed by atoms with Crippen LogP contribution >= 0.6 is 11.6 Å². The molecule has 0 aromatic heterocycles. The Bertz CT molecular complexity index is 806. The fraction of sp³-hybridized carbons (Fsp3) is 0.435. The number of phenolic OH excluding ortho intramolecular Hbond substituents is 1. The number of rotatable bonds is 4. The van der Waals surface area contributed by atoms with E-state index in [9.17, 15) is 9.90 Å². The number of amides is 1. The zero-order valence-electron chi connectivity index (χ0n) is 16.1. The summed E-state index contributed by atoms with van der Waals surface area (Å²) >= 11 is 5.98. The van der Waals surface area contributed by atoms with Crippen LogP contribution in [0.2, 0.25) is 5.02 Å². The SMILES string of the molecule is O=C1C(N2CCCC(c3ccc(O)cc3)C2)CCCN1Cc1ccc(Cl)cc1. The molecule has 2 heterocycles. The number of piperidine rings is 2. The lowest BCUT2D eigenvalue weighted by atomic mass is 9.88. The quantitative estimate of drug-likeness (QED) is 0.829. The summed E-state index contributed by atoms with van der Waals surface area (Å²) in [6, 6.07) is 15.3. The van der Waals surface area contributed by atoms with E-state index in [1.807, 2.05) is 41.3 Å². The number of halogens is 1. The lowest BCUT2D eigenvalue weighted by molar-refractivity contribution is -0.141. The molecule has 0 spiro atoms. The first-order chi connectivity index (χ1) is 13.6. The van der Waals surface area contributed by atoms with E-state index in [0.717, 1.165) is 55.9 Å². The fourth-order valence-electron chi connectivity index (χ4n) is 4.53. The van der Waals surface area contributed by atoms with Crippen LogP contribution in [0.15, 0.2) is 48.5 Å². The number of phenols is 1. The van der Waals surface area contributed by atoms with Gasteiger partial charge in [0.1, 0.15) is 5.75 Å².